The van der Waals surface area contributed by atoms with E-state index < -0.39 is 17.9 Å². The summed E-state index contributed by atoms with van der Waals surface area (Å²) in [6, 6.07) is 7.85. The molecule has 0 saturated carbocycles. The van der Waals surface area contributed by atoms with Crippen molar-refractivity contribution in [3.63, 3.8) is 0 Å². The first-order chi connectivity index (χ1) is 14.3. The van der Waals surface area contributed by atoms with Gasteiger partial charge in [0.05, 0.1) is 16.8 Å². The Morgan fingerprint density at radius 3 is 2.50 bits per heavy atom. The van der Waals surface area contributed by atoms with Crippen molar-refractivity contribution in [3.8, 4) is 17.1 Å². The molecule has 3 heterocycles. The molecule has 0 unspecified atom stereocenters. The van der Waals surface area contributed by atoms with Gasteiger partial charge in [-0.1, -0.05) is 11.6 Å². The van der Waals surface area contributed by atoms with Gasteiger partial charge in [-0.3, -0.25) is 4.79 Å². The number of nitrogens with zero attached hydrogens (tertiary/aromatic N) is 6. The lowest BCUT2D eigenvalue weighted by molar-refractivity contribution is -0.144. The predicted octanol–water partition coefficient (Wildman–Crippen LogP) is 3.30. The number of carbonyl (C=O) groups is 1. The molecule has 0 radical (unpaired) electrons. The number of rotatable bonds is 3. The van der Waals surface area contributed by atoms with Crippen LogP contribution in [0.2, 0.25) is 5.02 Å². The van der Waals surface area contributed by atoms with Crippen molar-refractivity contribution in [1.82, 2.24) is 35.0 Å². The Morgan fingerprint density at radius 2 is 1.83 bits per heavy atom. The van der Waals surface area contributed by atoms with Crippen LogP contribution in [0, 0.1) is 0 Å². The van der Waals surface area contributed by atoms with Gasteiger partial charge >= 0.3 is 6.18 Å². The fourth-order valence-corrected chi connectivity index (χ4v) is 2.83. The Morgan fingerprint density at radius 1 is 1.10 bits per heavy atom. The van der Waals surface area contributed by atoms with Crippen LogP contribution in [0.4, 0.5) is 13.2 Å². The average Bonchev–Trinajstić information content (AvgIpc) is 3.12. The third-order valence-corrected chi connectivity index (χ3v) is 4.33. The molecule has 0 aliphatic carbocycles. The summed E-state index contributed by atoms with van der Waals surface area (Å²) in [4.78, 5) is 27.0. The molecule has 0 atom stereocenters. The Labute approximate surface area is 171 Å². The number of carbonyl (C=O) groups excluding carboxylic acids is 1. The third-order valence-electron chi connectivity index (χ3n) is 4.08. The lowest BCUT2D eigenvalue weighted by Crippen LogP contribution is -2.20. The van der Waals surface area contributed by atoms with Gasteiger partial charge in [-0.05, 0) is 30.3 Å². The largest absolute Gasteiger partial charge is 0.451 e. The first-order valence-corrected chi connectivity index (χ1v) is 8.80. The van der Waals surface area contributed by atoms with E-state index in [1.54, 1.807) is 24.3 Å². The van der Waals surface area contributed by atoms with Crippen molar-refractivity contribution in [1.29, 1.82) is 0 Å². The molecular weight excluding hydrogens is 423 g/mol. The zero-order valence-electron chi connectivity index (χ0n) is 15.1. The summed E-state index contributed by atoms with van der Waals surface area (Å²) in [5.74, 6) is -1.94. The molecule has 4 rings (SSSR count). The van der Waals surface area contributed by atoms with Crippen molar-refractivity contribution >= 4 is 28.5 Å². The van der Waals surface area contributed by atoms with Crippen molar-refractivity contribution in [2.24, 2.45) is 0 Å². The first-order valence-electron chi connectivity index (χ1n) is 8.42. The van der Waals surface area contributed by atoms with Gasteiger partial charge < -0.3 is 5.32 Å². The maximum atomic E-state index is 13.1. The van der Waals surface area contributed by atoms with Crippen LogP contribution < -0.4 is 5.32 Å². The zero-order chi connectivity index (χ0) is 21.5. The van der Waals surface area contributed by atoms with Crippen LogP contribution in [0.15, 0.2) is 42.7 Å². The minimum atomic E-state index is -4.71. The van der Waals surface area contributed by atoms with E-state index in [-0.39, 0.29) is 22.9 Å². The Hall–Kier alpha value is -3.60. The van der Waals surface area contributed by atoms with Crippen LogP contribution in [0.25, 0.3) is 28.1 Å². The molecule has 0 bridgehead atoms. The van der Waals surface area contributed by atoms with Crippen LogP contribution in [0.1, 0.15) is 16.4 Å². The summed E-state index contributed by atoms with van der Waals surface area (Å²) in [5.41, 5.74) is 0.790. The Kier molecular flexibility index (Phi) is 4.82. The number of amides is 1. The second kappa shape index (κ2) is 7.34. The molecule has 0 aliphatic heterocycles. The number of halogens is 4. The molecular formula is C18H11ClF3N7O. The van der Waals surface area contributed by atoms with Crippen LogP contribution in [0.5, 0.6) is 0 Å². The highest BCUT2D eigenvalue weighted by molar-refractivity contribution is 6.30. The molecule has 152 valence electrons. The van der Waals surface area contributed by atoms with Crippen LogP contribution in [-0.2, 0) is 6.18 Å². The number of hydrogen-bond acceptors (Lipinski definition) is 6. The number of benzene rings is 1. The monoisotopic (exact) mass is 433 g/mol. The summed E-state index contributed by atoms with van der Waals surface area (Å²) < 4.78 is 40.5. The van der Waals surface area contributed by atoms with E-state index >= 15 is 0 Å². The van der Waals surface area contributed by atoms with Crippen LogP contribution >= 0.6 is 11.6 Å². The smallest absolute Gasteiger partial charge is 0.352 e. The normalized spacial score (nSPS) is 11.6. The van der Waals surface area contributed by atoms with Gasteiger partial charge in [-0.15, -0.1) is 0 Å². The topological polar surface area (TPSA) is 98.5 Å². The highest BCUT2D eigenvalue weighted by Crippen LogP contribution is 2.31. The van der Waals surface area contributed by atoms with Crippen molar-refractivity contribution < 1.29 is 18.0 Å². The van der Waals surface area contributed by atoms with Gasteiger partial charge in [0.15, 0.2) is 5.65 Å². The molecule has 8 nitrogen and oxygen atoms in total. The molecule has 1 N–H and O–H groups in total. The Balaban J connectivity index is 1.97. The van der Waals surface area contributed by atoms with E-state index in [2.05, 4.69) is 30.4 Å². The van der Waals surface area contributed by atoms with E-state index in [1.165, 1.54) is 24.0 Å². The molecule has 12 heteroatoms. The van der Waals surface area contributed by atoms with Gasteiger partial charge in [0.1, 0.15) is 5.69 Å². The van der Waals surface area contributed by atoms with E-state index in [9.17, 15) is 18.0 Å². The van der Waals surface area contributed by atoms with Crippen molar-refractivity contribution in [2.75, 3.05) is 7.05 Å². The van der Waals surface area contributed by atoms with E-state index in [4.69, 9.17) is 11.6 Å². The highest BCUT2D eigenvalue weighted by Gasteiger charge is 2.35. The van der Waals surface area contributed by atoms with Gasteiger partial charge in [-0.25, -0.2) is 24.6 Å². The lowest BCUT2D eigenvalue weighted by Gasteiger charge is -2.05. The highest BCUT2D eigenvalue weighted by atomic mass is 35.5. The van der Waals surface area contributed by atoms with Gasteiger partial charge in [0, 0.05) is 24.5 Å². The van der Waals surface area contributed by atoms with E-state index in [0.29, 0.717) is 16.1 Å². The molecule has 0 saturated heterocycles. The molecule has 4 aromatic rings. The van der Waals surface area contributed by atoms with Crippen LogP contribution in [-0.4, -0.2) is 42.7 Å². The third kappa shape index (κ3) is 3.54. The summed E-state index contributed by atoms with van der Waals surface area (Å²) in [7, 11) is 1.43. The molecule has 1 aromatic carbocycles. The fourth-order valence-electron chi connectivity index (χ4n) is 2.70. The number of hydrogen-bond donors (Lipinski definition) is 1. The molecule has 0 spiro atoms. The second-order valence-electron chi connectivity index (χ2n) is 6.01. The zero-order valence-corrected chi connectivity index (χ0v) is 15.9. The van der Waals surface area contributed by atoms with Crippen molar-refractivity contribution in [3.05, 3.63) is 59.4 Å². The molecule has 0 aliphatic rings. The van der Waals surface area contributed by atoms with E-state index in [0.717, 1.165) is 6.20 Å². The van der Waals surface area contributed by atoms with Gasteiger partial charge in [0.25, 0.3) is 5.91 Å². The standard InChI is InChI=1S/C18H11ClF3N7O/c1-23-16(30)14-25-8-11-13(12-6-7-24-17(26-12)18(20,21)22)28-29(15(11)27-14)10-4-2-9(19)3-5-10/h2-8H,1H3,(H,23,30). The maximum absolute atomic E-state index is 13.1. The first kappa shape index (κ1) is 19.7. The molecule has 3 aromatic heterocycles. The molecule has 30 heavy (non-hydrogen) atoms. The molecule has 0 fully saturated rings. The summed E-state index contributed by atoms with van der Waals surface area (Å²) in [5, 5.41) is 7.61. The van der Waals surface area contributed by atoms with Crippen molar-refractivity contribution in [2.45, 2.75) is 6.18 Å². The lowest BCUT2D eigenvalue weighted by atomic mass is 10.2. The van der Waals surface area contributed by atoms with E-state index in [1.807, 2.05) is 0 Å². The second-order valence-corrected chi connectivity index (χ2v) is 6.45. The predicted molar refractivity (Wildman–Crippen MR) is 101 cm³/mol. The minimum absolute atomic E-state index is 0.0636. The number of alkyl halides is 3. The number of fused-ring (bicyclic) bond motifs is 1. The number of nitrogens with one attached hydrogen (secondary N) is 1. The average molecular weight is 434 g/mol. The van der Waals surface area contributed by atoms with Gasteiger partial charge in [0.2, 0.25) is 11.6 Å². The Bertz CT molecular complexity index is 1260. The molecule has 1 amide bonds. The number of aromatic nitrogens is 6. The summed E-state index contributed by atoms with van der Waals surface area (Å²) in [6.45, 7) is 0. The maximum Gasteiger partial charge on any atom is 0.451 e. The quantitative estimate of drug-likeness (QED) is 0.532. The van der Waals surface area contributed by atoms with Gasteiger partial charge in [-0.2, -0.15) is 18.3 Å². The summed E-state index contributed by atoms with van der Waals surface area (Å²) in [6.07, 6.45) is -2.40. The summed E-state index contributed by atoms with van der Waals surface area (Å²) >= 11 is 5.93. The fraction of sp³-hybridized carbons (Fsp3) is 0.111. The SMILES string of the molecule is CNC(=O)c1ncc2c(-c3ccnc(C(F)(F)F)n3)nn(-c3ccc(Cl)cc3)c2n1. The minimum Gasteiger partial charge on any atom is -0.352 e. The van der Waals surface area contributed by atoms with Crippen LogP contribution in [0.3, 0.4) is 0 Å².